The number of nitrogens with two attached hydrogens (primary N) is 4. The van der Waals surface area contributed by atoms with Crippen molar-refractivity contribution in [1.82, 2.24) is 16.0 Å². The number of nitrogens with zero attached hydrogens (tertiary/aromatic N) is 1. The van der Waals surface area contributed by atoms with Crippen molar-refractivity contribution in [3.8, 4) is 5.75 Å². The molecule has 5 atom stereocenters. The number of carboxylic acids is 1. The molecule has 15 nitrogen and oxygen atoms in total. The van der Waals surface area contributed by atoms with Gasteiger partial charge in [0.25, 0.3) is 0 Å². The minimum atomic E-state index is -1.32. The zero-order valence-corrected chi connectivity index (χ0v) is 23.3. The van der Waals surface area contributed by atoms with Gasteiger partial charge in [0.05, 0.1) is 6.04 Å². The van der Waals surface area contributed by atoms with Crippen LogP contribution in [-0.2, 0) is 30.4 Å². The van der Waals surface area contributed by atoms with Gasteiger partial charge in [-0.3, -0.25) is 24.2 Å². The number of hydrogen-bond acceptors (Lipinski definition) is 8. The predicted octanol–water partition coefficient (Wildman–Crippen LogP) is -1.83. The number of rotatable bonds is 18. The van der Waals surface area contributed by atoms with Crippen LogP contribution in [0.5, 0.6) is 5.75 Å². The normalized spacial score (nSPS) is 14.4. The van der Waals surface area contributed by atoms with Crippen molar-refractivity contribution < 1.29 is 34.2 Å². The Morgan fingerprint density at radius 2 is 1.51 bits per heavy atom. The summed E-state index contributed by atoms with van der Waals surface area (Å²) in [4.78, 5) is 66.2. The zero-order valence-electron chi connectivity index (χ0n) is 23.3. The second-order valence-corrected chi connectivity index (χ2v) is 9.76. The predicted molar refractivity (Wildman–Crippen MR) is 151 cm³/mol. The summed E-state index contributed by atoms with van der Waals surface area (Å²) in [5.74, 6) is -4.67. The molecule has 1 aromatic carbocycles. The Morgan fingerprint density at radius 1 is 0.902 bits per heavy atom. The lowest BCUT2D eigenvalue weighted by Gasteiger charge is -2.28. The molecule has 0 heterocycles. The molecule has 13 N–H and O–H groups in total. The number of carbonyl (C=O) groups excluding carboxylic acids is 4. The lowest BCUT2D eigenvalue weighted by molar-refractivity contribution is -0.142. The first kappa shape index (κ1) is 34.6. The fourth-order valence-corrected chi connectivity index (χ4v) is 3.77. The van der Waals surface area contributed by atoms with Crippen LogP contribution in [-0.4, -0.2) is 76.5 Å². The minimum absolute atomic E-state index is 0.00841. The fourth-order valence-electron chi connectivity index (χ4n) is 3.77. The van der Waals surface area contributed by atoms with Crippen LogP contribution in [0, 0.1) is 5.92 Å². The highest BCUT2D eigenvalue weighted by Gasteiger charge is 2.33. The van der Waals surface area contributed by atoms with E-state index in [1.54, 1.807) is 13.8 Å². The van der Waals surface area contributed by atoms with Crippen molar-refractivity contribution >= 4 is 35.6 Å². The maximum Gasteiger partial charge on any atom is 0.326 e. The quantitative estimate of drug-likeness (QED) is 0.0533. The Balaban J connectivity index is 3.01. The maximum atomic E-state index is 13.2. The number of amides is 4. The number of guanidine groups is 1. The van der Waals surface area contributed by atoms with Crippen molar-refractivity contribution in [3.63, 3.8) is 0 Å². The van der Waals surface area contributed by atoms with Gasteiger partial charge in [-0.1, -0.05) is 32.4 Å². The minimum Gasteiger partial charge on any atom is -0.508 e. The number of primary amides is 1. The van der Waals surface area contributed by atoms with E-state index in [2.05, 4.69) is 20.9 Å². The van der Waals surface area contributed by atoms with Crippen LogP contribution in [0.1, 0.15) is 51.5 Å². The first-order valence-electron chi connectivity index (χ1n) is 13.3. The number of aliphatic imine (C=N–C) groups is 1. The van der Waals surface area contributed by atoms with E-state index in [0.717, 1.165) is 0 Å². The standard InChI is InChI=1S/C26H42N8O7/c1-3-14(2)21(24(39)33-19(25(40)41)13-15-6-8-16(35)9-7-15)34-23(38)18(10-11-20(28)36)32-22(37)17(27)5-4-12-31-26(29)30/h6-9,14,17-19,21,35H,3-5,10-13,27H2,1-2H3,(H2,28,36)(H,32,37)(H,33,39)(H,34,38)(H,40,41)(H4,29,30,31). The number of nitrogens with one attached hydrogen (secondary N) is 3. The Labute approximate surface area is 238 Å². The number of aromatic hydroxyl groups is 1. The molecule has 1 rings (SSSR count). The Bertz CT molecular complexity index is 1080. The van der Waals surface area contributed by atoms with Crippen LogP contribution in [0.4, 0.5) is 0 Å². The molecule has 0 radical (unpaired) electrons. The Kier molecular flexibility index (Phi) is 14.6. The second kappa shape index (κ2) is 17.3. The lowest BCUT2D eigenvalue weighted by Crippen LogP contribution is -2.59. The van der Waals surface area contributed by atoms with Crippen LogP contribution in [0.15, 0.2) is 29.3 Å². The summed E-state index contributed by atoms with van der Waals surface area (Å²) < 4.78 is 0. The summed E-state index contributed by atoms with van der Waals surface area (Å²) in [5, 5.41) is 26.7. The first-order chi connectivity index (χ1) is 19.2. The molecule has 0 saturated carbocycles. The number of carboxylic acid groups (broad SMARTS) is 1. The van der Waals surface area contributed by atoms with Crippen LogP contribution in [0.3, 0.4) is 0 Å². The van der Waals surface area contributed by atoms with Gasteiger partial charge in [0.2, 0.25) is 23.6 Å². The second-order valence-electron chi connectivity index (χ2n) is 9.76. The molecule has 228 valence electrons. The summed E-state index contributed by atoms with van der Waals surface area (Å²) in [5.41, 5.74) is 22.3. The van der Waals surface area contributed by atoms with Crippen LogP contribution >= 0.6 is 0 Å². The lowest BCUT2D eigenvalue weighted by atomic mass is 9.96. The van der Waals surface area contributed by atoms with Gasteiger partial charge in [-0.25, -0.2) is 4.79 Å². The smallest absolute Gasteiger partial charge is 0.326 e. The third kappa shape index (κ3) is 13.0. The van der Waals surface area contributed by atoms with Crippen molar-refractivity contribution in [1.29, 1.82) is 0 Å². The molecule has 1 aromatic rings. The van der Waals surface area contributed by atoms with E-state index >= 15 is 0 Å². The number of aliphatic carboxylic acids is 1. The summed E-state index contributed by atoms with van der Waals surface area (Å²) in [6.45, 7) is 3.74. The average Bonchev–Trinajstić information content (AvgIpc) is 2.91. The van der Waals surface area contributed by atoms with E-state index in [4.69, 9.17) is 22.9 Å². The number of benzene rings is 1. The van der Waals surface area contributed by atoms with Gasteiger partial charge in [-0.2, -0.15) is 0 Å². The molecular weight excluding hydrogens is 536 g/mol. The van der Waals surface area contributed by atoms with Crippen molar-refractivity contribution in [2.45, 2.75) is 76.5 Å². The summed E-state index contributed by atoms with van der Waals surface area (Å²) >= 11 is 0. The number of phenols is 1. The van der Waals surface area contributed by atoms with Crippen LogP contribution in [0.2, 0.25) is 0 Å². The van der Waals surface area contributed by atoms with Gasteiger partial charge in [-0.15, -0.1) is 0 Å². The first-order valence-corrected chi connectivity index (χ1v) is 13.3. The van der Waals surface area contributed by atoms with Crippen molar-refractivity contribution in [2.75, 3.05) is 6.54 Å². The summed E-state index contributed by atoms with van der Waals surface area (Å²) in [7, 11) is 0. The zero-order chi connectivity index (χ0) is 31.1. The molecule has 0 saturated heterocycles. The third-order valence-corrected chi connectivity index (χ3v) is 6.40. The van der Waals surface area contributed by atoms with Crippen LogP contribution in [0.25, 0.3) is 0 Å². The molecule has 0 spiro atoms. The molecule has 0 aliphatic heterocycles. The third-order valence-electron chi connectivity index (χ3n) is 6.40. The molecule has 4 amide bonds. The molecule has 0 bridgehead atoms. The SMILES string of the molecule is CCC(C)C(NC(=O)C(CCC(N)=O)NC(=O)C(N)CCCN=C(N)N)C(=O)NC(Cc1ccc(O)cc1)C(=O)O. The van der Waals surface area contributed by atoms with Gasteiger partial charge in [0.1, 0.15) is 23.9 Å². The topological polar surface area (TPSA) is 278 Å². The highest BCUT2D eigenvalue weighted by molar-refractivity contribution is 5.94. The summed E-state index contributed by atoms with van der Waals surface area (Å²) in [6.07, 6.45) is 0.610. The van der Waals surface area contributed by atoms with Gasteiger partial charge in [-0.05, 0) is 42.9 Å². The number of hydrogen-bond donors (Lipinski definition) is 9. The van der Waals surface area contributed by atoms with E-state index in [0.29, 0.717) is 18.4 Å². The highest BCUT2D eigenvalue weighted by Crippen LogP contribution is 2.13. The van der Waals surface area contributed by atoms with Gasteiger partial charge >= 0.3 is 5.97 Å². The molecule has 0 fully saturated rings. The highest BCUT2D eigenvalue weighted by atomic mass is 16.4. The number of carbonyl (C=O) groups is 5. The molecule has 41 heavy (non-hydrogen) atoms. The number of phenolic OH excluding ortho intramolecular Hbond substituents is 1. The largest absolute Gasteiger partial charge is 0.508 e. The average molecular weight is 579 g/mol. The van der Waals surface area contributed by atoms with Gasteiger partial charge < -0.3 is 49.1 Å². The fraction of sp³-hybridized carbons (Fsp3) is 0.538. The van der Waals surface area contributed by atoms with Gasteiger partial charge in [0.15, 0.2) is 5.96 Å². The van der Waals surface area contributed by atoms with E-state index in [9.17, 15) is 34.2 Å². The van der Waals surface area contributed by atoms with E-state index in [1.165, 1.54) is 24.3 Å². The molecular formula is C26H42N8O7. The molecule has 0 aliphatic rings. The van der Waals surface area contributed by atoms with Gasteiger partial charge in [0, 0.05) is 19.4 Å². The van der Waals surface area contributed by atoms with E-state index in [1.807, 2.05) is 0 Å². The summed E-state index contributed by atoms with van der Waals surface area (Å²) in [6, 6.07) is 1.13. The van der Waals surface area contributed by atoms with Crippen molar-refractivity contribution in [2.24, 2.45) is 33.8 Å². The van der Waals surface area contributed by atoms with Crippen molar-refractivity contribution in [3.05, 3.63) is 29.8 Å². The molecule has 15 heteroatoms. The van der Waals surface area contributed by atoms with Crippen LogP contribution < -0.4 is 38.9 Å². The van der Waals surface area contributed by atoms with E-state index < -0.39 is 59.7 Å². The molecule has 5 unspecified atom stereocenters. The Hall–Kier alpha value is -4.40. The maximum absolute atomic E-state index is 13.2. The molecule has 0 aliphatic carbocycles. The monoisotopic (exact) mass is 578 g/mol. The molecule has 0 aromatic heterocycles. The Morgan fingerprint density at radius 3 is 2.05 bits per heavy atom. The van der Waals surface area contributed by atoms with E-state index in [-0.39, 0.29) is 43.9 Å².